The molecule has 2 unspecified atom stereocenters. The molecule has 0 aliphatic carbocycles. The highest BCUT2D eigenvalue weighted by atomic mass is 16.5. The van der Waals surface area contributed by atoms with E-state index in [1.54, 1.807) is 0 Å². The summed E-state index contributed by atoms with van der Waals surface area (Å²) in [4.78, 5) is 14.6. The average molecular weight is 260 g/mol. The van der Waals surface area contributed by atoms with Crippen LogP contribution in [0.15, 0.2) is 18.2 Å². The molecule has 2 aliphatic heterocycles. The summed E-state index contributed by atoms with van der Waals surface area (Å²) in [5.41, 5.74) is 8.88. The van der Waals surface area contributed by atoms with Crippen LogP contribution in [0, 0.1) is 5.92 Å². The number of rotatable bonds is 2. The summed E-state index contributed by atoms with van der Waals surface area (Å²) in [6.45, 7) is 3.52. The minimum absolute atomic E-state index is 0.0115. The number of anilines is 2. The molecule has 4 nitrogen and oxygen atoms in total. The van der Waals surface area contributed by atoms with Gasteiger partial charge in [0.25, 0.3) is 0 Å². The van der Waals surface area contributed by atoms with Crippen LogP contribution in [0.4, 0.5) is 11.4 Å². The first-order valence-electron chi connectivity index (χ1n) is 7.02. The normalized spacial score (nSPS) is 25.6. The highest BCUT2D eigenvalue weighted by molar-refractivity contribution is 5.98. The minimum Gasteiger partial charge on any atom is -0.398 e. The van der Waals surface area contributed by atoms with Gasteiger partial charge in [-0.15, -0.1) is 0 Å². The molecule has 3 rings (SSSR count). The lowest BCUT2D eigenvalue weighted by Crippen LogP contribution is -2.38. The van der Waals surface area contributed by atoms with Crippen molar-refractivity contribution in [3.63, 3.8) is 0 Å². The molecular formula is C15H20N2O2. The smallest absolute Gasteiger partial charge is 0.232 e. The van der Waals surface area contributed by atoms with Gasteiger partial charge in [-0.1, -0.05) is 13.0 Å². The number of carbonyl (C=O) groups is 1. The number of benzene rings is 1. The second-order valence-corrected chi connectivity index (χ2v) is 5.30. The van der Waals surface area contributed by atoms with Gasteiger partial charge in [-0.3, -0.25) is 4.79 Å². The van der Waals surface area contributed by atoms with Gasteiger partial charge in [0.15, 0.2) is 0 Å². The molecular weight excluding hydrogens is 240 g/mol. The fourth-order valence-corrected chi connectivity index (χ4v) is 3.22. The Hall–Kier alpha value is -1.55. The highest BCUT2D eigenvalue weighted by Gasteiger charge is 2.38. The van der Waals surface area contributed by atoms with E-state index >= 15 is 0 Å². The van der Waals surface area contributed by atoms with Crippen molar-refractivity contribution in [3.8, 4) is 0 Å². The maximum atomic E-state index is 12.7. The zero-order chi connectivity index (χ0) is 13.4. The number of ether oxygens (including phenoxy) is 1. The van der Waals surface area contributed by atoms with E-state index < -0.39 is 0 Å². The first kappa shape index (κ1) is 12.5. The van der Waals surface area contributed by atoms with E-state index in [0.29, 0.717) is 6.61 Å². The van der Waals surface area contributed by atoms with Gasteiger partial charge >= 0.3 is 0 Å². The Morgan fingerprint density at radius 1 is 1.53 bits per heavy atom. The second kappa shape index (κ2) is 4.85. The van der Waals surface area contributed by atoms with E-state index in [4.69, 9.17) is 10.5 Å². The Labute approximate surface area is 113 Å². The number of amides is 1. The molecule has 0 aromatic heterocycles. The number of hydrogen-bond donors (Lipinski definition) is 1. The van der Waals surface area contributed by atoms with E-state index in [1.807, 2.05) is 23.1 Å². The molecule has 0 radical (unpaired) electrons. The van der Waals surface area contributed by atoms with E-state index in [9.17, 15) is 4.79 Å². The van der Waals surface area contributed by atoms with Crippen molar-refractivity contribution in [2.45, 2.75) is 32.3 Å². The van der Waals surface area contributed by atoms with Gasteiger partial charge in [-0.05, 0) is 31.4 Å². The molecule has 1 aromatic rings. The molecule has 0 saturated carbocycles. The molecule has 1 amide bonds. The van der Waals surface area contributed by atoms with Crippen LogP contribution < -0.4 is 10.6 Å². The van der Waals surface area contributed by atoms with Crippen LogP contribution in [0.3, 0.4) is 0 Å². The monoisotopic (exact) mass is 260 g/mol. The molecule has 2 aliphatic rings. The van der Waals surface area contributed by atoms with Gasteiger partial charge in [0.05, 0.1) is 12.0 Å². The van der Waals surface area contributed by atoms with Crippen molar-refractivity contribution >= 4 is 17.3 Å². The number of fused-ring (bicyclic) bond motifs is 1. The average Bonchev–Trinajstić information content (AvgIpc) is 3.05. The Bertz CT molecular complexity index is 501. The Morgan fingerprint density at radius 3 is 3.16 bits per heavy atom. The topological polar surface area (TPSA) is 55.6 Å². The minimum atomic E-state index is 0.0115. The summed E-state index contributed by atoms with van der Waals surface area (Å²) in [7, 11) is 0. The van der Waals surface area contributed by atoms with Gasteiger partial charge in [-0.25, -0.2) is 0 Å². The van der Waals surface area contributed by atoms with Crippen LogP contribution in [-0.2, 0) is 16.0 Å². The van der Waals surface area contributed by atoms with Gasteiger partial charge in [-0.2, -0.15) is 0 Å². The third-order valence-electron chi connectivity index (χ3n) is 4.26. The Morgan fingerprint density at radius 2 is 2.37 bits per heavy atom. The molecule has 2 N–H and O–H groups in total. The van der Waals surface area contributed by atoms with Crippen molar-refractivity contribution in [2.24, 2.45) is 5.92 Å². The molecule has 1 saturated heterocycles. The highest BCUT2D eigenvalue weighted by Crippen LogP contribution is 2.35. The van der Waals surface area contributed by atoms with Crippen LogP contribution in [0.25, 0.3) is 0 Å². The number of nitrogens with zero attached hydrogens (tertiary/aromatic N) is 1. The van der Waals surface area contributed by atoms with Crippen LogP contribution >= 0.6 is 0 Å². The molecule has 1 aromatic carbocycles. The summed E-state index contributed by atoms with van der Waals surface area (Å²) in [6, 6.07) is 5.82. The summed E-state index contributed by atoms with van der Waals surface area (Å²) in [5.74, 6) is 0.214. The Balaban J connectivity index is 1.85. The van der Waals surface area contributed by atoms with E-state index in [-0.39, 0.29) is 17.9 Å². The summed E-state index contributed by atoms with van der Waals surface area (Å²) in [5, 5.41) is 0. The van der Waals surface area contributed by atoms with Crippen molar-refractivity contribution in [2.75, 3.05) is 23.8 Å². The summed E-state index contributed by atoms with van der Waals surface area (Å²) in [6.07, 6.45) is 2.68. The fourth-order valence-electron chi connectivity index (χ4n) is 3.22. The molecule has 19 heavy (non-hydrogen) atoms. The number of nitrogen functional groups attached to an aromatic ring is 1. The number of carbonyl (C=O) groups excluding carboxylic acids is 1. The van der Waals surface area contributed by atoms with Crippen molar-refractivity contribution in [1.82, 2.24) is 0 Å². The largest absolute Gasteiger partial charge is 0.398 e. The van der Waals surface area contributed by atoms with E-state index in [0.717, 1.165) is 42.7 Å². The van der Waals surface area contributed by atoms with E-state index in [1.165, 1.54) is 0 Å². The first-order chi connectivity index (χ1) is 9.22. The van der Waals surface area contributed by atoms with Gasteiger partial charge in [0.1, 0.15) is 0 Å². The zero-order valence-corrected chi connectivity index (χ0v) is 11.3. The molecule has 0 spiro atoms. The van der Waals surface area contributed by atoms with Crippen LogP contribution in [0.2, 0.25) is 0 Å². The first-order valence-corrected chi connectivity index (χ1v) is 7.02. The Kier molecular flexibility index (Phi) is 3.19. The number of nitrogens with two attached hydrogens (primary N) is 1. The fraction of sp³-hybridized carbons (Fsp3) is 0.533. The molecule has 4 heteroatoms. The summed E-state index contributed by atoms with van der Waals surface area (Å²) >= 11 is 0. The third kappa shape index (κ3) is 2.00. The van der Waals surface area contributed by atoms with Gasteiger partial charge < -0.3 is 15.4 Å². The van der Waals surface area contributed by atoms with Crippen LogP contribution in [-0.4, -0.2) is 25.2 Å². The molecule has 102 valence electrons. The molecule has 0 bridgehead atoms. The SMILES string of the molecule is CCC1OCCC1C(=O)N1CCc2c(N)cccc21. The molecule has 2 atom stereocenters. The molecule has 2 heterocycles. The van der Waals surface area contributed by atoms with Crippen molar-refractivity contribution < 1.29 is 9.53 Å². The maximum absolute atomic E-state index is 12.7. The summed E-state index contributed by atoms with van der Waals surface area (Å²) < 4.78 is 5.63. The van der Waals surface area contributed by atoms with Crippen LogP contribution in [0.1, 0.15) is 25.3 Å². The third-order valence-corrected chi connectivity index (χ3v) is 4.26. The second-order valence-electron chi connectivity index (χ2n) is 5.30. The predicted molar refractivity (Wildman–Crippen MR) is 75.0 cm³/mol. The number of hydrogen-bond acceptors (Lipinski definition) is 3. The van der Waals surface area contributed by atoms with Crippen molar-refractivity contribution in [1.29, 1.82) is 0 Å². The zero-order valence-electron chi connectivity index (χ0n) is 11.3. The van der Waals surface area contributed by atoms with Crippen molar-refractivity contribution in [3.05, 3.63) is 23.8 Å². The van der Waals surface area contributed by atoms with Gasteiger partial charge in [0, 0.05) is 30.1 Å². The quantitative estimate of drug-likeness (QED) is 0.827. The lowest BCUT2D eigenvalue weighted by molar-refractivity contribution is -0.123. The lowest BCUT2D eigenvalue weighted by Gasteiger charge is -2.24. The van der Waals surface area contributed by atoms with Crippen LogP contribution in [0.5, 0.6) is 0 Å². The lowest BCUT2D eigenvalue weighted by atomic mass is 9.98. The van der Waals surface area contributed by atoms with E-state index in [2.05, 4.69) is 6.92 Å². The standard InChI is InChI=1S/C15H20N2O2/c1-2-14-11(7-9-19-14)15(18)17-8-6-10-12(16)4-3-5-13(10)17/h3-5,11,14H,2,6-9,16H2,1H3. The molecule has 1 fully saturated rings. The predicted octanol–water partition coefficient (Wildman–Crippen LogP) is 1.97. The maximum Gasteiger partial charge on any atom is 0.232 e. The van der Waals surface area contributed by atoms with Gasteiger partial charge in [0.2, 0.25) is 5.91 Å².